The van der Waals surface area contributed by atoms with Gasteiger partial charge >= 0.3 is 0 Å². The van der Waals surface area contributed by atoms with Crippen LogP contribution in [0.3, 0.4) is 0 Å². The lowest BCUT2D eigenvalue weighted by atomic mass is 10.0. The number of hydrogen-bond donors (Lipinski definition) is 2. The number of nitrogens with one attached hydrogen (secondary N) is 2. The highest BCUT2D eigenvalue weighted by Gasteiger charge is 2.13. The minimum atomic E-state index is 0.585. The van der Waals surface area contributed by atoms with Gasteiger partial charge in [0.1, 0.15) is 5.75 Å². The first-order valence-electron chi connectivity index (χ1n) is 8.00. The van der Waals surface area contributed by atoms with Gasteiger partial charge in [-0.2, -0.15) is 4.98 Å². The molecule has 6 heteroatoms. The van der Waals surface area contributed by atoms with E-state index in [9.17, 15) is 0 Å². The molecular weight excluding hydrogens is 302 g/mol. The van der Waals surface area contributed by atoms with Crippen LogP contribution in [0.1, 0.15) is 12.0 Å². The van der Waals surface area contributed by atoms with Crippen LogP contribution in [0.25, 0.3) is 11.2 Å². The monoisotopic (exact) mass is 321 g/mol. The van der Waals surface area contributed by atoms with E-state index in [2.05, 4.69) is 32.9 Å². The Balaban J connectivity index is 1.66. The molecule has 0 atom stereocenters. The van der Waals surface area contributed by atoms with Crippen molar-refractivity contribution in [3.05, 3.63) is 54.2 Å². The number of pyridine rings is 1. The summed E-state index contributed by atoms with van der Waals surface area (Å²) >= 11 is 0. The van der Waals surface area contributed by atoms with Crippen molar-refractivity contribution >= 4 is 22.9 Å². The summed E-state index contributed by atoms with van der Waals surface area (Å²) in [5, 5.41) is 11.1. The van der Waals surface area contributed by atoms with Crippen molar-refractivity contribution in [2.75, 3.05) is 25.5 Å². The molecule has 1 aromatic carbocycles. The van der Waals surface area contributed by atoms with Crippen LogP contribution in [0.2, 0.25) is 0 Å². The minimum Gasteiger partial charge on any atom is -0.497 e. The van der Waals surface area contributed by atoms with Crippen molar-refractivity contribution in [3.63, 3.8) is 0 Å². The molecule has 0 aliphatic carbocycles. The van der Waals surface area contributed by atoms with Gasteiger partial charge in [0, 0.05) is 24.0 Å². The molecule has 0 unspecified atom stereocenters. The van der Waals surface area contributed by atoms with E-state index in [1.807, 2.05) is 41.0 Å². The molecule has 1 aliphatic heterocycles. The molecule has 0 saturated heterocycles. The van der Waals surface area contributed by atoms with Crippen LogP contribution in [-0.4, -0.2) is 34.8 Å². The quantitative estimate of drug-likeness (QED) is 0.773. The highest BCUT2D eigenvalue weighted by Crippen LogP contribution is 2.25. The summed E-state index contributed by atoms with van der Waals surface area (Å²) < 4.78 is 7.00. The highest BCUT2D eigenvalue weighted by molar-refractivity contribution is 5.77. The Morgan fingerprint density at radius 3 is 2.83 bits per heavy atom. The zero-order valence-electron chi connectivity index (χ0n) is 13.5. The zero-order valence-corrected chi connectivity index (χ0v) is 13.5. The number of hydrogen-bond acceptors (Lipinski definition) is 5. The first-order valence-corrected chi connectivity index (χ1v) is 8.00. The van der Waals surface area contributed by atoms with E-state index in [0.717, 1.165) is 42.2 Å². The maximum Gasteiger partial charge on any atom is 0.247 e. The number of methoxy groups -OCH3 is 1. The predicted molar refractivity (Wildman–Crippen MR) is 94.7 cm³/mol. The summed E-state index contributed by atoms with van der Waals surface area (Å²) in [6.07, 6.45) is 5.16. The number of fused-ring (bicyclic) bond motifs is 1. The van der Waals surface area contributed by atoms with E-state index in [1.165, 1.54) is 5.57 Å². The highest BCUT2D eigenvalue weighted by atomic mass is 16.5. The van der Waals surface area contributed by atoms with Crippen LogP contribution in [0.5, 0.6) is 5.75 Å². The van der Waals surface area contributed by atoms with Gasteiger partial charge in [0.25, 0.3) is 0 Å². The van der Waals surface area contributed by atoms with Gasteiger partial charge in [-0.25, -0.2) is 4.52 Å². The average molecular weight is 321 g/mol. The Morgan fingerprint density at radius 1 is 1.21 bits per heavy atom. The molecule has 2 N–H and O–H groups in total. The van der Waals surface area contributed by atoms with E-state index in [1.54, 1.807) is 7.11 Å². The molecule has 0 spiro atoms. The lowest BCUT2D eigenvalue weighted by Crippen LogP contribution is -2.20. The Morgan fingerprint density at radius 2 is 2.08 bits per heavy atom. The molecule has 0 radical (unpaired) electrons. The lowest BCUT2D eigenvalue weighted by molar-refractivity contribution is 0.415. The number of ether oxygens (including phenoxy) is 1. The molecule has 0 saturated carbocycles. The topological polar surface area (TPSA) is 63.5 Å². The van der Waals surface area contributed by atoms with Crippen molar-refractivity contribution in [1.29, 1.82) is 0 Å². The number of rotatable bonds is 4. The molecule has 6 nitrogen and oxygen atoms in total. The third-order valence-electron chi connectivity index (χ3n) is 4.12. The van der Waals surface area contributed by atoms with Crippen LogP contribution < -0.4 is 15.4 Å². The number of benzene rings is 1. The summed E-state index contributed by atoms with van der Waals surface area (Å²) in [4.78, 5) is 4.67. The van der Waals surface area contributed by atoms with Gasteiger partial charge < -0.3 is 15.4 Å². The molecule has 3 aromatic rings. The van der Waals surface area contributed by atoms with Crippen molar-refractivity contribution in [1.82, 2.24) is 19.9 Å². The van der Waals surface area contributed by atoms with Crippen molar-refractivity contribution < 1.29 is 4.74 Å². The fraction of sp³-hybridized carbons (Fsp3) is 0.222. The molecule has 0 fully saturated rings. The molecule has 1 aliphatic rings. The standard InChI is InChI=1S/C18H19N5O/c1-24-15-6-4-14(5-7-15)20-18-21-17-16(3-2-12-23(17)22-18)13-8-10-19-11-9-13/h2-8,12,19H,9-11H2,1H3,(H,20,22). The van der Waals surface area contributed by atoms with Crippen molar-refractivity contribution in [2.45, 2.75) is 6.42 Å². The van der Waals surface area contributed by atoms with Crippen molar-refractivity contribution in [2.24, 2.45) is 0 Å². The first-order chi connectivity index (χ1) is 11.8. The summed E-state index contributed by atoms with van der Waals surface area (Å²) in [5.41, 5.74) is 4.27. The normalized spacial score (nSPS) is 14.5. The van der Waals surface area contributed by atoms with Gasteiger partial charge in [-0.15, -0.1) is 5.10 Å². The molecular formula is C18H19N5O. The third-order valence-corrected chi connectivity index (χ3v) is 4.12. The SMILES string of the molecule is COc1ccc(Nc2nc3c(C4=CCNCC4)cccn3n2)cc1. The fourth-order valence-electron chi connectivity index (χ4n) is 2.88. The molecule has 122 valence electrons. The van der Waals surface area contributed by atoms with Gasteiger partial charge in [-0.1, -0.05) is 6.08 Å². The first kappa shape index (κ1) is 14.7. The maximum atomic E-state index is 5.18. The molecule has 3 heterocycles. The fourth-order valence-corrected chi connectivity index (χ4v) is 2.88. The van der Waals surface area contributed by atoms with Gasteiger partial charge in [0.15, 0.2) is 5.65 Å². The molecule has 2 aromatic heterocycles. The maximum absolute atomic E-state index is 5.18. The third kappa shape index (κ3) is 2.83. The van der Waals surface area contributed by atoms with Crippen LogP contribution in [0, 0.1) is 0 Å². The van der Waals surface area contributed by atoms with Crippen LogP contribution in [0.4, 0.5) is 11.6 Å². The van der Waals surface area contributed by atoms with E-state index < -0.39 is 0 Å². The minimum absolute atomic E-state index is 0.585. The Bertz CT molecular complexity index is 882. The van der Waals surface area contributed by atoms with Crippen LogP contribution in [-0.2, 0) is 0 Å². The number of aromatic nitrogens is 3. The summed E-state index contributed by atoms with van der Waals surface area (Å²) in [6, 6.07) is 11.8. The van der Waals surface area contributed by atoms with E-state index >= 15 is 0 Å². The van der Waals surface area contributed by atoms with Crippen LogP contribution >= 0.6 is 0 Å². The van der Waals surface area contributed by atoms with Gasteiger partial charge in [-0.05, 0) is 54.9 Å². The average Bonchev–Trinajstić information content (AvgIpc) is 3.05. The Labute approximate surface area is 140 Å². The molecule has 4 rings (SSSR count). The Hall–Kier alpha value is -2.86. The second-order valence-electron chi connectivity index (χ2n) is 5.66. The van der Waals surface area contributed by atoms with E-state index in [0.29, 0.717) is 5.95 Å². The predicted octanol–water partition coefficient (Wildman–Crippen LogP) is 2.86. The van der Waals surface area contributed by atoms with Crippen LogP contribution in [0.15, 0.2) is 48.7 Å². The van der Waals surface area contributed by atoms with Gasteiger partial charge in [-0.3, -0.25) is 0 Å². The second-order valence-corrected chi connectivity index (χ2v) is 5.66. The summed E-state index contributed by atoms with van der Waals surface area (Å²) in [6.45, 7) is 1.90. The zero-order chi connectivity index (χ0) is 16.4. The van der Waals surface area contributed by atoms with Gasteiger partial charge in [0.05, 0.1) is 7.11 Å². The summed E-state index contributed by atoms with van der Waals surface area (Å²) in [5.74, 6) is 1.41. The van der Waals surface area contributed by atoms with E-state index in [4.69, 9.17) is 4.74 Å². The summed E-state index contributed by atoms with van der Waals surface area (Å²) in [7, 11) is 1.66. The number of nitrogens with zero attached hydrogens (tertiary/aromatic N) is 3. The lowest BCUT2D eigenvalue weighted by Gasteiger charge is -2.14. The second kappa shape index (κ2) is 6.33. The molecule has 0 amide bonds. The molecule has 24 heavy (non-hydrogen) atoms. The number of anilines is 2. The van der Waals surface area contributed by atoms with E-state index in [-0.39, 0.29) is 0 Å². The van der Waals surface area contributed by atoms with Crippen molar-refractivity contribution in [3.8, 4) is 5.75 Å². The Kier molecular flexibility index (Phi) is 3.88. The smallest absolute Gasteiger partial charge is 0.247 e. The molecule has 0 bridgehead atoms. The van der Waals surface area contributed by atoms with Gasteiger partial charge in [0.2, 0.25) is 5.95 Å². The largest absolute Gasteiger partial charge is 0.497 e.